The monoisotopic (exact) mass is 199 g/mol. The molecule has 1 radical (unpaired) electrons. The Morgan fingerprint density at radius 2 is 1.21 bits per heavy atom. The van der Waals surface area contributed by atoms with Crippen molar-refractivity contribution in [1.29, 1.82) is 0 Å². The molecule has 0 amide bonds. The van der Waals surface area contributed by atoms with E-state index in [2.05, 4.69) is 48.0 Å². The quantitative estimate of drug-likeness (QED) is 0.597. The Kier molecular flexibility index (Phi) is 3.27. The molecule has 1 aliphatic heterocycles. The van der Waals surface area contributed by atoms with Gasteiger partial charge < -0.3 is 9.47 Å². The van der Waals surface area contributed by atoms with E-state index in [1.54, 1.807) is 0 Å². The van der Waals surface area contributed by atoms with Gasteiger partial charge >= 0.3 is 0 Å². The van der Waals surface area contributed by atoms with Crippen LogP contribution in [0.4, 0.5) is 0 Å². The first-order chi connectivity index (χ1) is 6.21. The van der Waals surface area contributed by atoms with Crippen molar-refractivity contribution >= 4 is 0 Å². The summed E-state index contributed by atoms with van der Waals surface area (Å²) in [5.74, 6) is 0. The Hall–Kier alpha value is -0.0800. The molecule has 1 saturated heterocycles. The largest absolute Gasteiger partial charge is 0.351 e. The summed E-state index contributed by atoms with van der Waals surface area (Å²) in [5, 5.41) is 0. The summed E-state index contributed by atoms with van der Waals surface area (Å²) < 4.78 is 11.2. The van der Waals surface area contributed by atoms with Crippen molar-refractivity contribution in [2.75, 3.05) is 6.79 Å². The molecular formula is C12H23O2. The molecule has 0 spiro atoms. The highest BCUT2D eigenvalue weighted by atomic mass is 16.7. The van der Waals surface area contributed by atoms with Gasteiger partial charge in [0.15, 0.2) is 0 Å². The molecule has 1 heterocycles. The van der Waals surface area contributed by atoms with Crippen LogP contribution in [0.1, 0.15) is 41.5 Å². The van der Waals surface area contributed by atoms with E-state index in [1.807, 2.05) is 0 Å². The van der Waals surface area contributed by atoms with Gasteiger partial charge in [-0.25, -0.2) is 0 Å². The van der Waals surface area contributed by atoms with E-state index in [9.17, 15) is 0 Å². The van der Waals surface area contributed by atoms with Gasteiger partial charge in [0.25, 0.3) is 0 Å². The molecular weight excluding hydrogens is 176 g/mol. The minimum Gasteiger partial charge on any atom is -0.351 e. The van der Waals surface area contributed by atoms with Gasteiger partial charge in [0.2, 0.25) is 0 Å². The van der Waals surface area contributed by atoms with Crippen molar-refractivity contribution < 1.29 is 9.47 Å². The van der Waals surface area contributed by atoms with Gasteiger partial charge in [-0.2, -0.15) is 0 Å². The van der Waals surface area contributed by atoms with Crippen LogP contribution in [0.2, 0.25) is 0 Å². The van der Waals surface area contributed by atoms with Crippen LogP contribution >= 0.6 is 0 Å². The minimum atomic E-state index is 0.160. The normalized spacial score (nSPS) is 30.4. The average Bonchev–Trinajstić information content (AvgIpc) is 2.01. The van der Waals surface area contributed by atoms with Crippen molar-refractivity contribution in [3.63, 3.8) is 0 Å². The molecule has 83 valence electrons. The maximum atomic E-state index is 5.59. The van der Waals surface area contributed by atoms with E-state index in [0.29, 0.717) is 6.79 Å². The Morgan fingerprint density at radius 3 is 1.50 bits per heavy atom. The Bertz CT molecular complexity index is 165. The Balaban J connectivity index is 2.61. The summed E-state index contributed by atoms with van der Waals surface area (Å²) in [6.45, 7) is 13.6. The maximum Gasteiger partial charge on any atom is 0.147 e. The fourth-order valence-electron chi connectivity index (χ4n) is 1.53. The molecule has 14 heavy (non-hydrogen) atoms. The SMILES string of the molecule is CC(C)(C)C1[CH]C(C(C)(C)C)OCO1. The second-order valence-electron chi connectivity index (χ2n) is 6.22. The molecule has 2 nitrogen and oxygen atoms in total. The van der Waals surface area contributed by atoms with E-state index in [4.69, 9.17) is 9.47 Å². The summed E-state index contributed by atoms with van der Waals surface area (Å²) in [6.07, 6.45) is 2.59. The van der Waals surface area contributed by atoms with Crippen LogP contribution in [-0.4, -0.2) is 19.0 Å². The first-order valence-electron chi connectivity index (χ1n) is 5.29. The van der Waals surface area contributed by atoms with Crippen molar-refractivity contribution in [1.82, 2.24) is 0 Å². The first-order valence-corrected chi connectivity index (χ1v) is 5.29. The molecule has 1 aliphatic rings. The Morgan fingerprint density at radius 1 is 0.857 bits per heavy atom. The average molecular weight is 199 g/mol. The standard InChI is InChI=1S/C12H23O2/c1-11(2,3)9-7-10(12(4,5)6)14-8-13-9/h7,9-10H,8H2,1-6H3. The lowest BCUT2D eigenvalue weighted by atomic mass is 9.79. The molecule has 2 heteroatoms. The minimum absolute atomic E-state index is 0.160. The van der Waals surface area contributed by atoms with E-state index in [-0.39, 0.29) is 23.0 Å². The Labute approximate surface area is 88.0 Å². The van der Waals surface area contributed by atoms with E-state index in [0.717, 1.165) is 0 Å². The molecule has 0 aromatic carbocycles. The van der Waals surface area contributed by atoms with E-state index in [1.165, 1.54) is 0 Å². The summed E-state index contributed by atoms with van der Waals surface area (Å²) in [5.41, 5.74) is 0.320. The third-order valence-electron chi connectivity index (χ3n) is 2.55. The van der Waals surface area contributed by atoms with Gasteiger partial charge in [0.05, 0.1) is 12.2 Å². The zero-order valence-electron chi connectivity index (χ0n) is 10.3. The number of hydrogen-bond acceptors (Lipinski definition) is 2. The van der Waals surface area contributed by atoms with Crippen LogP contribution in [0.3, 0.4) is 0 Å². The van der Waals surface area contributed by atoms with Gasteiger partial charge in [0.1, 0.15) is 6.79 Å². The molecule has 0 saturated carbocycles. The second-order valence-corrected chi connectivity index (χ2v) is 6.22. The second kappa shape index (κ2) is 3.82. The van der Waals surface area contributed by atoms with Gasteiger partial charge in [-0.1, -0.05) is 41.5 Å². The van der Waals surface area contributed by atoms with Crippen LogP contribution in [0.15, 0.2) is 0 Å². The maximum absolute atomic E-state index is 5.59. The molecule has 0 bridgehead atoms. The summed E-state index contributed by atoms with van der Waals surface area (Å²) in [6, 6.07) is 0. The molecule has 1 rings (SSSR count). The number of hydrogen-bond donors (Lipinski definition) is 0. The number of rotatable bonds is 0. The first kappa shape index (κ1) is 12.0. The zero-order valence-corrected chi connectivity index (χ0v) is 10.3. The van der Waals surface area contributed by atoms with E-state index >= 15 is 0 Å². The van der Waals surface area contributed by atoms with Crippen molar-refractivity contribution in [3.05, 3.63) is 6.42 Å². The van der Waals surface area contributed by atoms with Crippen molar-refractivity contribution in [2.45, 2.75) is 53.8 Å². The predicted octanol–water partition coefficient (Wildman–Crippen LogP) is 3.02. The molecule has 0 N–H and O–H groups in total. The molecule has 2 unspecified atom stereocenters. The van der Waals surface area contributed by atoms with Gasteiger partial charge in [0, 0.05) is 6.42 Å². The lowest BCUT2D eigenvalue weighted by Gasteiger charge is -2.41. The predicted molar refractivity (Wildman–Crippen MR) is 57.8 cm³/mol. The third kappa shape index (κ3) is 2.96. The van der Waals surface area contributed by atoms with Crippen LogP contribution < -0.4 is 0 Å². The summed E-state index contributed by atoms with van der Waals surface area (Å²) in [7, 11) is 0. The van der Waals surface area contributed by atoms with Gasteiger partial charge in [-0.05, 0) is 10.8 Å². The van der Waals surface area contributed by atoms with Crippen LogP contribution in [-0.2, 0) is 9.47 Å². The number of ether oxygens (including phenoxy) is 2. The summed E-state index contributed by atoms with van der Waals surface area (Å²) in [4.78, 5) is 0. The third-order valence-corrected chi connectivity index (χ3v) is 2.55. The smallest absolute Gasteiger partial charge is 0.147 e. The molecule has 1 fully saturated rings. The van der Waals surface area contributed by atoms with Gasteiger partial charge in [-0.3, -0.25) is 0 Å². The fraction of sp³-hybridized carbons (Fsp3) is 0.917. The molecule has 0 aromatic rings. The zero-order chi connectivity index (χ0) is 11.0. The van der Waals surface area contributed by atoms with Gasteiger partial charge in [-0.15, -0.1) is 0 Å². The van der Waals surface area contributed by atoms with E-state index < -0.39 is 0 Å². The lowest BCUT2D eigenvalue weighted by molar-refractivity contribution is -0.190. The van der Waals surface area contributed by atoms with Crippen LogP contribution in [0.5, 0.6) is 0 Å². The van der Waals surface area contributed by atoms with Crippen molar-refractivity contribution in [2.24, 2.45) is 10.8 Å². The topological polar surface area (TPSA) is 18.5 Å². The molecule has 0 aromatic heterocycles. The lowest BCUT2D eigenvalue weighted by Crippen LogP contribution is -2.44. The fourth-order valence-corrected chi connectivity index (χ4v) is 1.53. The summed E-state index contributed by atoms with van der Waals surface area (Å²) >= 11 is 0. The van der Waals surface area contributed by atoms with Crippen LogP contribution in [0.25, 0.3) is 0 Å². The van der Waals surface area contributed by atoms with Crippen LogP contribution in [0, 0.1) is 17.3 Å². The highest BCUT2D eigenvalue weighted by Gasteiger charge is 2.37. The van der Waals surface area contributed by atoms with Crippen molar-refractivity contribution in [3.8, 4) is 0 Å². The highest BCUT2D eigenvalue weighted by Crippen LogP contribution is 2.34. The molecule has 2 atom stereocenters. The highest BCUT2D eigenvalue weighted by molar-refractivity contribution is 4.98. The molecule has 0 aliphatic carbocycles.